The normalized spacial score (nSPS) is 17.7. The number of hydrogen-bond donors (Lipinski definition) is 1. The number of anilines is 1. The first-order chi connectivity index (χ1) is 13.7. The summed E-state index contributed by atoms with van der Waals surface area (Å²) in [5, 5.41) is 3.01. The minimum Gasteiger partial charge on any atom is -0.495 e. The molecule has 1 amide bonds. The van der Waals surface area contributed by atoms with Gasteiger partial charge in [0.2, 0.25) is 15.9 Å². The van der Waals surface area contributed by atoms with Crippen LogP contribution < -0.4 is 10.1 Å². The molecule has 1 aliphatic heterocycles. The van der Waals surface area contributed by atoms with E-state index in [0.29, 0.717) is 25.1 Å². The highest BCUT2D eigenvalue weighted by Crippen LogP contribution is 2.31. The van der Waals surface area contributed by atoms with Crippen molar-refractivity contribution in [2.24, 2.45) is 5.92 Å². The molecule has 7 heteroatoms. The van der Waals surface area contributed by atoms with E-state index in [0.717, 1.165) is 22.4 Å². The molecule has 1 atom stereocenters. The molecule has 0 radical (unpaired) electrons. The van der Waals surface area contributed by atoms with Gasteiger partial charge >= 0.3 is 0 Å². The van der Waals surface area contributed by atoms with E-state index in [1.807, 2.05) is 45.0 Å². The third kappa shape index (κ3) is 4.46. The molecule has 1 aliphatic rings. The molecule has 29 heavy (non-hydrogen) atoms. The minimum absolute atomic E-state index is 0.140. The van der Waals surface area contributed by atoms with Gasteiger partial charge in [0.05, 0.1) is 13.0 Å². The number of nitrogens with zero attached hydrogens (tertiary/aromatic N) is 1. The van der Waals surface area contributed by atoms with Gasteiger partial charge in [-0.05, 0) is 62.4 Å². The van der Waals surface area contributed by atoms with Crippen LogP contribution in [0.1, 0.15) is 29.5 Å². The molecule has 0 saturated carbocycles. The molecular formula is C22H28N2O4S. The lowest BCUT2D eigenvalue weighted by molar-refractivity contribution is -0.120. The van der Waals surface area contributed by atoms with E-state index < -0.39 is 15.9 Å². The monoisotopic (exact) mass is 416 g/mol. The second kappa shape index (κ2) is 8.55. The molecule has 0 aromatic heterocycles. The topological polar surface area (TPSA) is 75.7 Å². The van der Waals surface area contributed by atoms with Gasteiger partial charge in [-0.15, -0.1) is 0 Å². The first-order valence-electron chi connectivity index (χ1n) is 9.76. The standard InChI is InChI=1S/C22H28N2O4S/c1-15-10-11-19(28-4)20(13-15)29(26,27)24-12-6-9-18(14-24)22(25)23-21-16(2)7-5-8-17(21)3/h5,7-8,10-11,13,18H,6,9,12,14H2,1-4H3,(H,23,25)/t18-/m1/s1. The number of para-hydroxylation sites is 1. The number of carbonyl (C=O) groups is 1. The molecule has 1 N–H and O–H groups in total. The molecule has 3 rings (SSSR count). The Hall–Kier alpha value is -2.38. The Labute approximate surface area is 172 Å². The van der Waals surface area contributed by atoms with Crippen LogP contribution in [0.25, 0.3) is 0 Å². The zero-order valence-electron chi connectivity index (χ0n) is 17.4. The van der Waals surface area contributed by atoms with Gasteiger partial charge in [0, 0.05) is 18.8 Å². The number of nitrogens with one attached hydrogen (secondary N) is 1. The zero-order chi connectivity index (χ0) is 21.2. The summed E-state index contributed by atoms with van der Waals surface area (Å²) < 4.78 is 33.2. The molecule has 6 nitrogen and oxygen atoms in total. The number of methoxy groups -OCH3 is 1. The van der Waals surface area contributed by atoms with Crippen molar-refractivity contribution in [3.05, 3.63) is 53.1 Å². The number of sulfonamides is 1. The molecule has 0 spiro atoms. The second-order valence-electron chi connectivity index (χ2n) is 7.61. The summed E-state index contributed by atoms with van der Waals surface area (Å²) >= 11 is 0. The van der Waals surface area contributed by atoms with Crippen molar-refractivity contribution in [1.82, 2.24) is 4.31 Å². The fourth-order valence-electron chi connectivity index (χ4n) is 3.74. The summed E-state index contributed by atoms with van der Waals surface area (Å²) in [6.07, 6.45) is 1.30. The van der Waals surface area contributed by atoms with Gasteiger partial charge in [-0.1, -0.05) is 24.3 Å². The van der Waals surface area contributed by atoms with Crippen molar-refractivity contribution in [3.63, 3.8) is 0 Å². The quantitative estimate of drug-likeness (QED) is 0.807. The van der Waals surface area contributed by atoms with Crippen LogP contribution in [0.4, 0.5) is 5.69 Å². The van der Waals surface area contributed by atoms with Crippen LogP contribution in [0, 0.1) is 26.7 Å². The van der Waals surface area contributed by atoms with Crippen LogP contribution in [0.15, 0.2) is 41.3 Å². The number of piperidine rings is 1. The van der Waals surface area contributed by atoms with Gasteiger partial charge in [-0.3, -0.25) is 4.79 Å². The lowest BCUT2D eigenvalue weighted by Gasteiger charge is -2.31. The van der Waals surface area contributed by atoms with E-state index in [4.69, 9.17) is 4.74 Å². The summed E-state index contributed by atoms with van der Waals surface area (Å²) in [4.78, 5) is 13.0. The van der Waals surface area contributed by atoms with Crippen molar-refractivity contribution in [1.29, 1.82) is 0 Å². The Balaban J connectivity index is 1.82. The third-order valence-electron chi connectivity index (χ3n) is 5.42. The molecule has 0 unspecified atom stereocenters. The van der Waals surface area contributed by atoms with E-state index in [-0.39, 0.29) is 17.3 Å². The molecule has 156 valence electrons. The summed E-state index contributed by atoms with van der Waals surface area (Å²) in [6.45, 7) is 6.30. The van der Waals surface area contributed by atoms with E-state index in [1.165, 1.54) is 11.4 Å². The molecular weight excluding hydrogens is 388 g/mol. The smallest absolute Gasteiger partial charge is 0.246 e. The van der Waals surface area contributed by atoms with Crippen molar-refractivity contribution in [3.8, 4) is 5.75 Å². The Bertz CT molecular complexity index is 997. The maximum Gasteiger partial charge on any atom is 0.246 e. The number of rotatable bonds is 5. The van der Waals surface area contributed by atoms with Crippen LogP contribution in [0.3, 0.4) is 0 Å². The lowest BCUT2D eigenvalue weighted by atomic mass is 9.98. The van der Waals surface area contributed by atoms with E-state index in [2.05, 4.69) is 5.32 Å². The fraction of sp³-hybridized carbons (Fsp3) is 0.409. The van der Waals surface area contributed by atoms with Crippen molar-refractivity contribution in [2.75, 3.05) is 25.5 Å². The summed E-state index contributed by atoms with van der Waals surface area (Å²) in [7, 11) is -2.30. The molecule has 1 saturated heterocycles. The Morgan fingerprint density at radius 2 is 1.83 bits per heavy atom. The van der Waals surface area contributed by atoms with Crippen molar-refractivity contribution >= 4 is 21.6 Å². The highest BCUT2D eigenvalue weighted by atomic mass is 32.2. The number of carbonyl (C=O) groups excluding carboxylic acids is 1. The Morgan fingerprint density at radius 1 is 1.14 bits per heavy atom. The maximum atomic E-state index is 13.3. The highest BCUT2D eigenvalue weighted by Gasteiger charge is 2.35. The van der Waals surface area contributed by atoms with E-state index >= 15 is 0 Å². The van der Waals surface area contributed by atoms with Crippen LogP contribution in [0.2, 0.25) is 0 Å². The van der Waals surface area contributed by atoms with Gasteiger partial charge in [0.15, 0.2) is 0 Å². The molecule has 2 aromatic rings. The van der Waals surface area contributed by atoms with Gasteiger partial charge in [-0.2, -0.15) is 4.31 Å². The van der Waals surface area contributed by atoms with Crippen LogP contribution in [0.5, 0.6) is 5.75 Å². The average Bonchev–Trinajstić information content (AvgIpc) is 2.70. The van der Waals surface area contributed by atoms with E-state index in [1.54, 1.807) is 12.1 Å². The van der Waals surface area contributed by atoms with Gasteiger partial charge in [0.1, 0.15) is 10.6 Å². The van der Waals surface area contributed by atoms with E-state index in [9.17, 15) is 13.2 Å². The summed E-state index contributed by atoms with van der Waals surface area (Å²) in [5.41, 5.74) is 3.62. The van der Waals surface area contributed by atoms with Crippen LogP contribution in [-0.4, -0.2) is 38.8 Å². The zero-order valence-corrected chi connectivity index (χ0v) is 18.2. The van der Waals surface area contributed by atoms with Crippen LogP contribution >= 0.6 is 0 Å². The predicted octanol–water partition coefficient (Wildman–Crippen LogP) is 3.66. The van der Waals surface area contributed by atoms with Crippen molar-refractivity contribution < 1.29 is 17.9 Å². The third-order valence-corrected chi connectivity index (χ3v) is 7.31. The largest absolute Gasteiger partial charge is 0.495 e. The summed E-state index contributed by atoms with van der Waals surface area (Å²) in [6, 6.07) is 10.9. The van der Waals surface area contributed by atoms with Gasteiger partial charge in [-0.25, -0.2) is 8.42 Å². The second-order valence-corrected chi connectivity index (χ2v) is 9.52. The predicted molar refractivity (Wildman–Crippen MR) is 114 cm³/mol. The molecule has 0 aliphatic carbocycles. The first-order valence-corrected chi connectivity index (χ1v) is 11.2. The SMILES string of the molecule is COc1ccc(C)cc1S(=O)(=O)N1CCC[C@@H](C(=O)Nc2c(C)cccc2C)C1. The Morgan fingerprint density at radius 3 is 2.48 bits per heavy atom. The van der Waals surface area contributed by atoms with Crippen molar-refractivity contribution in [2.45, 2.75) is 38.5 Å². The highest BCUT2D eigenvalue weighted by molar-refractivity contribution is 7.89. The Kier molecular flexibility index (Phi) is 6.29. The maximum absolute atomic E-state index is 13.3. The minimum atomic E-state index is -3.75. The van der Waals surface area contributed by atoms with Crippen LogP contribution in [-0.2, 0) is 14.8 Å². The van der Waals surface area contributed by atoms with Gasteiger partial charge < -0.3 is 10.1 Å². The fourth-order valence-corrected chi connectivity index (χ4v) is 5.50. The number of amides is 1. The average molecular weight is 417 g/mol. The molecule has 1 heterocycles. The number of ether oxygens (including phenoxy) is 1. The molecule has 1 fully saturated rings. The first kappa shape index (κ1) is 21.3. The molecule has 0 bridgehead atoms. The lowest BCUT2D eigenvalue weighted by Crippen LogP contribution is -2.43. The molecule has 2 aromatic carbocycles. The number of aryl methyl sites for hydroxylation is 3. The van der Waals surface area contributed by atoms with Gasteiger partial charge in [0.25, 0.3) is 0 Å². The number of benzene rings is 2. The number of hydrogen-bond acceptors (Lipinski definition) is 4. The summed E-state index contributed by atoms with van der Waals surface area (Å²) in [5.74, 6) is -0.218.